The number of phenols is 1. The van der Waals surface area contributed by atoms with E-state index in [1.54, 1.807) is 40.0 Å². The number of likely N-dealkylation sites (N-methyl/N-ethyl adjacent to an activating group) is 1. The predicted octanol–water partition coefficient (Wildman–Crippen LogP) is 1.54. The number of phenolic OH excluding ortho intramolecular Hbond substituents is 1. The fourth-order valence-electron chi connectivity index (χ4n) is 1.45. The van der Waals surface area contributed by atoms with Gasteiger partial charge in [0.15, 0.2) is 0 Å². The molecule has 0 radical (unpaired) electrons. The van der Waals surface area contributed by atoms with Crippen molar-refractivity contribution in [2.45, 2.75) is 26.3 Å². The van der Waals surface area contributed by atoms with Crippen LogP contribution in [0.5, 0.6) is 5.75 Å². The summed E-state index contributed by atoms with van der Waals surface area (Å²) in [6.07, 6.45) is 0. The quantitative estimate of drug-likeness (QED) is 0.838. The molecule has 0 aromatic heterocycles. The van der Waals surface area contributed by atoms with Crippen LogP contribution in [0.4, 0.5) is 0 Å². The maximum atomic E-state index is 12.2. The Balaban J connectivity index is 3.05. The first-order valence-electron chi connectivity index (χ1n) is 5.48. The summed E-state index contributed by atoms with van der Waals surface area (Å²) in [5, 5.41) is 18.5. The van der Waals surface area contributed by atoms with Crippen molar-refractivity contribution < 1.29 is 15.0 Å². The van der Waals surface area contributed by atoms with E-state index in [9.17, 15) is 15.0 Å². The molecule has 1 aromatic carbocycles. The van der Waals surface area contributed by atoms with Gasteiger partial charge in [-0.1, -0.05) is 0 Å². The topological polar surface area (TPSA) is 60.8 Å². The highest BCUT2D eigenvalue weighted by Crippen LogP contribution is 2.20. The Kier molecular flexibility index (Phi) is 3.78. The zero-order valence-electron chi connectivity index (χ0n) is 10.7. The molecular formula is C13H19NO3. The summed E-state index contributed by atoms with van der Waals surface area (Å²) >= 11 is 0. The number of hydrogen-bond acceptors (Lipinski definition) is 3. The summed E-state index contributed by atoms with van der Waals surface area (Å²) in [6.45, 7) is 5.25. The van der Waals surface area contributed by atoms with E-state index in [0.717, 1.165) is 5.56 Å². The van der Waals surface area contributed by atoms with Crippen LogP contribution >= 0.6 is 0 Å². The molecule has 0 aliphatic rings. The number of aromatic hydroxyl groups is 1. The van der Waals surface area contributed by atoms with Gasteiger partial charge in [0.1, 0.15) is 5.75 Å². The lowest BCUT2D eigenvalue weighted by molar-refractivity contribution is 0.0472. The molecule has 0 aliphatic carbocycles. The minimum absolute atomic E-state index is 0.105. The predicted molar refractivity (Wildman–Crippen MR) is 66.1 cm³/mol. The molecule has 0 aliphatic heterocycles. The molecule has 0 fully saturated rings. The van der Waals surface area contributed by atoms with E-state index in [2.05, 4.69) is 0 Å². The normalized spacial score (nSPS) is 11.4. The van der Waals surface area contributed by atoms with Crippen LogP contribution < -0.4 is 0 Å². The third-order valence-electron chi connectivity index (χ3n) is 3.04. The van der Waals surface area contributed by atoms with Gasteiger partial charge in [-0.3, -0.25) is 4.79 Å². The van der Waals surface area contributed by atoms with Crippen molar-refractivity contribution >= 4 is 5.91 Å². The number of nitrogens with zero attached hydrogens (tertiary/aromatic N) is 1. The molecule has 1 amide bonds. The number of benzene rings is 1. The summed E-state index contributed by atoms with van der Waals surface area (Å²) in [5.41, 5.74) is 0.643. The van der Waals surface area contributed by atoms with Crippen LogP contribution in [-0.4, -0.2) is 40.2 Å². The van der Waals surface area contributed by atoms with Crippen LogP contribution in [0.15, 0.2) is 18.2 Å². The van der Waals surface area contributed by atoms with Gasteiger partial charge in [-0.2, -0.15) is 0 Å². The Morgan fingerprint density at radius 3 is 2.47 bits per heavy atom. The summed E-state index contributed by atoms with van der Waals surface area (Å²) in [6, 6.07) is 4.63. The summed E-state index contributed by atoms with van der Waals surface area (Å²) in [7, 11) is 1.66. The van der Waals surface area contributed by atoms with Gasteiger partial charge in [0, 0.05) is 12.6 Å². The first kappa shape index (κ1) is 13.5. The molecule has 0 atom stereocenters. The number of carbonyl (C=O) groups is 1. The van der Waals surface area contributed by atoms with Crippen LogP contribution in [-0.2, 0) is 0 Å². The number of rotatable bonds is 3. The van der Waals surface area contributed by atoms with Crippen molar-refractivity contribution in [3.05, 3.63) is 29.3 Å². The van der Waals surface area contributed by atoms with Crippen molar-refractivity contribution in [1.82, 2.24) is 4.90 Å². The van der Waals surface area contributed by atoms with E-state index in [1.807, 2.05) is 0 Å². The van der Waals surface area contributed by atoms with Gasteiger partial charge >= 0.3 is 0 Å². The van der Waals surface area contributed by atoms with Crippen molar-refractivity contribution in [3.8, 4) is 5.75 Å². The highest BCUT2D eigenvalue weighted by atomic mass is 16.3. The first-order valence-corrected chi connectivity index (χ1v) is 5.48. The van der Waals surface area contributed by atoms with Gasteiger partial charge < -0.3 is 15.1 Å². The Bertz CT molecular complexity index is 427. The molecular weight excluding hydrogens is 218 g/mol. The Hall–Kier alpha value is -1.55. The van der Waals surface area contributed by atoms with E-state index in [4.69, 9.17) is 0 Å². The molecule has 94 valence electrons. The van der Waals surface area contributed by atoms with E-state index >= 15 is 0 Å². The summed E-state index contributed by atoms with van der Waals surface area (Å²) in [4.78, 5) is 13.7. The van der Waals surface area contributed by atoms with Crippen molar-refractivity contribution in [2.75, 3.05) is 13.7 Å². The number of aliphatic hydroxyl groups excluding tert-OH is 1. The maximum absolute atomic E-state index is 12.2. The SMILES string of the molecule is Cc1cc(O)ccc1C(=O)N(C)C(C)(C)CO. The highest BCUT2D eigenvalue weighted by Gasteiger charge is 2.28. The van der Waals surface area contributed by atoms with Gasteiger partial charge in [0.05, 0.1) is 12.1 Å². The largest absolute Gasteiger partial charge is 0.508 e. The third-order valence-corrected chi connectivity index (χ3v) is 3.04. The van der Waals surface area contributed by atoms with Crippen LogP contribution in [0.2, 0.25) is 0 Å². The third kappa shape index (κ3) is 2.77. The second-order valence-electron chi connectivity index (χ2n) is 4.83. The number of aliphatic hydroxyl groups is 1. The van der Waals surface area contributed by atoms with E-state index in [1.165, 1.54) is 11.0 Å². The molecule has 0 saturated carbocycles. The maximum Gasteiger partial charge on any atom is 0.254 e. The number of aryl methyl sites for hydroxylation is 1. The monoisotopic (exact) mass is 237 g/mol. The molecule has 0 saturated heterocycles. The van der Waals surface area contributed by atoms with Crippen LogP contribution in [0.1, 0.15) is 29.8 Å². The lowest BCUT2D eigenvalue weighted by Crippen LogP contribution is -2.47. The average molecular weight is 237 g/mol. The van der Waals surface area contributed by atoms with Gasteiger partial charge in [0.2, 0.25) is 0 Å². The van der Waals surface area contributed by atoms with Crippen LogP contribution in [0.25, 0.3) is 0 Å². The van der Waals surface area contributed by atoms with E-state index in [-0.39, 0.29) is 18.3 Å². The van der Waals surface area contributed by atoms with Crippen molar-refractivity contribution in [3.63, 3.8) is 0 Å². The molecule has 4 heteroatoms. The van der Waals surface area contributed by atoms with Gasteiger partial charge in [-0.05, 0) is 44.5 Å². The molecule has 4 nitrogen and oxygen atoms in total. The second kappa shape index (κ2) is 4.75. The Morgan fingerprint density at radius 2 is 2.00 bits per heavy atom. The van der Waals surface area contributed by atoms with Crippen LogP contribution in [0, 0.1) is 6.92 Å². The van der Waals surface area contributed by atoms with Gasteiger partial charge in [-0.15, -0.1) is 0 Å². The molecule has 2 N–H and O–H groups in total. The smallest absolute Gasteiger partial charge is 0.254 e. The molecule has 0 bridgehead atoms. The van der Waals surface area contributed by atoms with Gasteiger partial charge in [-0.25, -0.2) is 0 Å². The molecule has 0 spiro atoms. The van der Waals surface area contributed by atoms with E-state index in [0.29, 0.717) is 5.56 Å². The zero-order valence-corrected chi connectivity index (χ0v) is 10.7. The molecule has 0 unspecified atom stereocenters. The first-order chi connectivity index (χ1) is 7.79. The number of hydrogen-bond donors (Lipinski definition) is 2. The minimum Gasteiger partial charge on any atom is -0.508 e. The Morgan fingerprint density at radius 1 is 1.41 bits per heavy atom. The highest BCUT2D eigenvalue weighted by molar-refractivity contribution is 5.96. The zero-order chi connectivity index (χ0) is 13.2. The van der Waals surface area contributed by atoms with Gasteiger partial charge in [0.25, 0.3) is 5.91 Å². The molecule has 1 rings (SSSR count). The van der Waals surface area contributed by atoms with Crippen molar-refractivity contribution in [2.24, 2.45) is 0 Å². The van der Waals surface area contributed by atoms with Crippen LogP contribution in [0.3, 0.4) is 0 Å². The van der Waals surface area contributed by atoms with Crippen molar-refractivity contribution in [1.29, 1.82) is 0 Å². The molecule has 0 heterocycles. The molecule has 1 aromatic rings. The minimum atomic E-state index is -0.610. The summed E-state index contributed by atoms with van der Waals surface area (Å²) in [5.74, 6) is -0.0235. The second-order valence-corrected chi connectivity index (χ2v) is 4.83. The average Bonchev–Trinajstić information content (AvgIpc) is 2.27. The lowest BCUT2D eigenvalue weighted by Gasteiger charge is -2.34. The Labute approximate surface area is 101 Å². The fraction of sp³-hybridized carbons (Fsp3) is 0.462. The van der Waals surface area contributed by atoms with E-state index < -0.39 is 5.54 Å². The molecule has 17 heavy (non-hydrogen) atoms. The number of carbonyl (C=O) groups excluding carboxylic acids is 1. The number of amides is 1. The standard InChI is InChI=1S/C13H19NO3/c1-9-7-10(16)5-6-11(9)12(17)14(4)13(2,3)8-15/h5-7,15-16H,8H2,1-4H3. The summed E-state index contributed by atoms with van der Waals surface area (Å²) < 4.78 is 0. The fourth-order valence-corrected chi connectivity index (χ4v) is 1.45. The lowest BCUT2D eigenvalue weighted by atomic mass is 10.0.